The third-order valence-electron chi connectivity index (χ3n) is 7.15. The van der Waals surface area contributed by atoms with Gasteiger partial charge in [-0.3, -0.25) is 9.78 Å². The first-order chi connectivity index (χ1) is 18.7. The second-order valence-corrected chi connectivity index (χ2v) is 10.5. The molecular formula is C30H30ClN5O2S. The fourth-order valence-electron chi connectivity index (χ4n) is 5.26. The number of phenols is 1. The SMILES string of the molecule is CCC(=O)Nc1ccc(N2C(=S)N[C@@H](c3ccccn3)[C@H]2c2cc(C)n(-c3cc(Cl)ccc3O)c2C)cc1C. The fraction of sp³-hybridized carbons (Fsp3) is 0.233. The smallest absolute Gasteiger partial charge is 0.224 e. The van der Waals surface area contributed by atoms with E-state index in [9.17, 15) is 9.90 Å². The van der Waals surface area contributed by atoms with Gasteiger partial charge in [0.2, 0.25) is 5.91 Å². The quantitative estimate of drug-likeness (QED) is 0.229. The van der Waals surface area contributed by atoms with Crippen molar-refractivity contribution in [3.8, 4) is 11.4 Å². The van der Waals surface area contributed by atoms with Gasteiger partial charge in [-0.25, -0.2) is 0 Å². The number of carbonyl (C=O) groups is 1. The van der Waals surface area contributed by atoms with Crippen LogP contribution < -0.4 is 15.5 Å². The Kier molecular flexibility index (Phi) is 7.34. The van der Waals surface area contributed by atoms with Crippen LogP contribution in [0.1, 0.15) is 53.6 Å². The van der Waals surface area contributed by atoms with Crippen molar-refractivity contribution in [2.75, 3.05) is 10.2 Å². The lowest BCUT2D eigenvalue weighted by Crippen LogP contribution is -2.29. The van der Waals surface area contributed by atoms with Crippen molar-refractivity contribution in [3.63, 3.8) is 0 Å². The molecule has 0 aliphatic carbocycles. The van der Waals surface area contributed by atoms with Crippen LogP contribution in [-0.2, 0) is 4.79 Å². The molecule has 0 spiro atoms. The van der Waals surface area contributed by atoms with Gasteiger partial charge in [0.15, 0.2) is 5.11 Å². The second kappa shape index (κ2) is 10.7. The Morgan fingerprint density at radius 1 is 1.13 bits per heavy atom. The summed E-state index contributed by atoms with van der Waals surface area (Å²) >= 11 is 12.2. The van der Waals surface area contributed by atoms with Crippen molar-refractivity contribution in [3.05, 3.63) is 100 Å². The van der Waals surface area contributed by atoms with Crippen molar-refractivity contribution >= 4 is 46.2 Å². The average Bonchev–Trinajstić information content (AvgIpc) is 3.41. The number of anilines is 2. The number of nitrogens with zero attached hydrogens (tertiary/aromatic N) is 3. The summed E-state index contributed by atoms with van der Waals surface area (Å²) in [5, 5.41) is 18.3. The first-order valence-electron chi connectivity index (χ1n) is 12.8. The van der Waals surface area contributed by atoms with Gasteiger partial charge in [-0.05, 0) is 98.7 Å². The zero-order chi connectivity index (χ0) is 27.8. The number of aryl methyl sites for hydroxylation is 2. The molecule has 2 aromatic carbocycles. The summed E-state index contributed by atoms with van der Waals surface area (Å²) in [4.78, 5) is 18.8. The monoisotopic (exact) mass is 559 g/mol. The summed E-state index contributed by atoms with van der Waals surface area (Å²) in [5.41, 5.74) is 7.04. The molecule has 5 rings (SSSR count). The molecule has 1 aliphatic rings. The number of phenolic OH excluding ortho intramolecular Hbond substituents is 1. The molecule has 0 saturated carbocycles. The number of rotatable bonds is 6. The predicted octanol–water partition coefficient (Wildman–Crippen LogP) is 6.68. The summed E-state index contributed by atoms with van der Waals surface area (Å²) < 4.78 is 2.01. The summed E-state index contributed by atoms with van der Waals surface area (Å²) in [6.07, 6.45) is 2.19. The maximum absolute atomic E-state index is 12.0. The third-order valence-corrected chi connectivity index (χ3v) is 7.70. The molecule has 7 nitrogen and oxygen atoms in total. The van der Waals surface area contributed by atoms with Crippen LogP contribution in [0, 0.1) is 20.8 Å². The number of aromatic hydroxyl groups is 1. The molecular weight excluding hydrogens is 530 g/mol. The zero-order valence-corrected chi connectivity index (χ0v) is 23.8. The summed E-state index contributed by atoms with van der Waals surface area (Å²) in [6, 6.07) is 18.5. The fourth-order valence-corrected chi connectivity index (χ4v) is 5.77. The maximum atomic E-state index is 12.0. The first-order valence-corrected chi connectivity index (χ1v) is 13.6. The van der Waals surface area contributed by atoms with Gasteiger partial charge in [-0.2, -0.15) is 0 Å². The highest BCUT2D eigenvalue weighted by Crippen LogP contribution is 2.44. The molecule has 39 heavy (non-hydrogen) atoms. The molecule has 3 heterocycles. The van der Waals surface area contributed by atoms with Gasteiger partial charge in [0.25, 0.3) is 0 Å². The lowest BCUT2D eigenvalue weighted by atomic mass is 9.96. The maximum Gasteiger partial charge on any atom is 0.224 e. The molecule has 0 radical (unpaired) electrons. The highest BCUT2D eigenvalue weighted by atomic mass is 35.5. The number of amides is 1. The van der Waals surface area contributed by atoms with Crippen LogP contribution in [0.15, 0.2) is 66.9 Å². The molecule has 1 saturated heterocycles. The number of hydrogen-bond donors (Lipinski definition) is 3. The van der Waals surface area contributed by atoms with Crippen LogP contribution in [0.5, 0.6) is 5.75 Å². The van der Waals surface area contributed by atoms with Crippen molar-refractivity contribution in [1.82, 2.24) is 14.9 Å². The number of aromatic nitrogens is 2. The van der Waals surface area contributed by atoms with Gasteiger partial charge in [-0.1, -0.05) is 24.6 Å². The van der Waals surface area contributed by atoms with Gasteiger partial charge >= 0.3 is 0 Å². The van der Waals surface area contributed by atoms with Crippen molar-refractivity contribution < 1.29 is 9.90 Å². The van der Waals surface area contributed by atoms with Crippen molar-refractivity contribution in [2.45, 2.75) is 46.2 Å². The molecule has 1 aliphatic heterocycles. The van der Waals surface area contributed by atoms with E-state index in [-0.39, 0.29) is 23.7 Å². The van der Waals surface area contributed by atoms with Gasteiger partial charge in [0.1, 0.15) is 5.75 Å². The highest BCUT2D eigenvalue weighted by molar-refractivity contribution is 7.80. The minimum Gasteiger partial charge on any atom is -0.506 e. The molecule has 3 N–H and O–H groups in total. The lowest BCUT2D eigenvalue weighted by Gasteiger charge is -2.29. The minimum absolute atomic E-state index is 0.0333. The minimum atomic E-state index is -0.232. The van der Waals surface area contributed by atoms with E-state index < -0.39 is 0 Å². The molecule has 9 heteroatoms. The number of halogens is 1. The number of benzene rings is 2. The molecule has 1 fully saturated rings. The third kappa shape index (κ3) is 4.97. The van der Waals surface area contributed by atoms with Crippen molar-refractivity contribution in [1.29, 1.82) is 0 Å². The average molecular weight is 560 g/mol. The standard InChI is InChI=1S/C30H30ClN5O2S/c1-5-27(38)33-23-11-10-21(14-17(23)2)36-29(28(34-30(36)39)24-8-6-7-13-32-24)22-15-18(3)35(19(22)4)25-16-20(31)9-12-26(25)37/h6-16,28-29,37H,5H2,1-4H3,(H,33,38)(H,34,39)/t28-,29+/m0/s1. The molecule has 200 valence electrons. The van der Waals surface area contributed by atoms with Gasteiger partial charge < -0.3 is 25.2 Å². The van der Waals surface area contributed by atoms with E-state index in [1.807, 2.05) is 68.7 Å². The van der Waals surface area contributed by atoms with E-state index >= 15 is 0 Å². The number of carbonyl (C=O) groups excluding carboxylic acids is 1. The molecule has 4 aromatic rings. The Balaban J connectivity index is 1.65. The van der Waals surface area contributed by atoms with E-state index in [0.29, 0.717) is 22.2 Å². The Morgan fingerprint density at radius 3 is 2.62 bits per heavy atom. The van der Waals surface area contributed by atoms with Gasteiger partial charge in [0.05, 0.1) is 23.5 Å². The van der Waals surface area contributed by atoms with Crippen LogP contribution in [0.25, 0.3) is 5.69 Å². The Hall–Kier alpha value is -3.88. The highest BCUT2D eigenvalue weighted by Gasteiger charge is 2.42. The zero-order valence-electron chi connectivity index (χ0n) is 22.2. The predicted molar refractivity (Wildman–Crippen MR) is 160 cm³/mol. The summed E-state index contributed by atoms with van der Waals surface area (Å²) in [6.45, 7) is 7.84. The summed E-state index contributed by atoms with van der Waals surface area (Å²) in [7, 11) is 0. The molecule has 1 amide bonds. The van der Waals surface area contributed by atoms with E-state index in [4.69, 9.17) is 23.8 Å². The second-order valence-electron chi connectivity index (χ2n) is 9.69. The van der Waals surface area contributed by atoms with E-state index in [1.165, 1.54) is 0 Å². The number of hydrogen-bond acceptors (Lipinski definition) is 4. The number of nitrogens with one attached hydrogen (secondary N) is 2. The van der Waals surface area contributed by atoms with Crippen LogP contribution in [0.2, 0.25) is 5.02 Å². The molecule has 0 unspecified atom stereocenters. The van der Waals surface area contributed by atoms with Crippen molar-refractivity contribution in [2.24, 2.45) is 0 Å². The number of thiocarbonyl (C=S) groups is 1. The normalized spacial score (nSPS) is 16.8. The number of pyridine rings is 1. The first kappa shape index (κ1) is 26.7. The van der Waals surface area contributed by atoms with E-state index in [0.717, 1.165) is 39.6 Å². The lowest BCUT2D eigenvalue weighted by molar-refractivity contribution is -0.115. The van der Waals surface area contributed by atoms with Crippen LogP contribution in [0.4, 0.5) is 11.4 Å². The Bertz CT molecular complexity index is 1570. The Labute approximate surface area is 238 Å². The molecule has 2 aromatic heterocycles. The van der Waals surface area contributed by atoms with Crippen LogP contribution >= 0.6 is 23.8 Å². The summed E-state index contributed by atoms with van der Waals surface area (Å²) in [5.74, 6) is 0.111. The topological polar surface area (TPSA) is 82.4 Å². The van der Waals surface area contributed by atoms with Crippen LogP contribution in [0.3, 0.4) is 0 Å². The molecule has 2 atom stereocenters. The van der Waals surface area contributed by atoms with E-state index in [2.05, 4.69) is 26.6 Å². The van der Waals surface area contributed by atoms with Gasteiger partial charge in [-0.15, -0.1) is 0 Å². The van der Waals surface area contributed by atoms with Gasteiger partial charge in [0, 0.05) is 40.4 Å². The van der Waals surface area contributed by atoms with E-state index in [1.54, 1.807) is 24.4 Å². The Morgan fingerprint density at radius 2 is 1.92 bits per heavy atom. The largest absolute Gasteiger partial charge is 0.506 e. The molecule has 0 bridgehead atoms. The van der Waals surface area contributed by atoms with Crippen LogP contribution in [-0.4, -0.2) is 25.7 Å².